The fraction of sp³-hybridized carbons (Fsp3) is 0.417. The van der Waals surface area contributed by atoms with Crippen LogP contribution in [0.4, 0.5) is 8.78 Å². The molecule has 0 bridgehead atoms. The van der Waals surface area contributed by atoms with Gasteiger partial charge in [-0.1, -0.05) is 0 Å². The fourth-order valence-corrected chi connectivity index (χ4v) is 1.51. The van der Waals surface area contributed by atoms with Crippen LogP contribution in [-0.4, -0.2) is 30.7 Å². The summed E-state index contributed by atoms with van der Waals surface area (Å²) in [5.74, 6) is -5.78. The van der Waals surface area contributed by atoms with Gasteiger partial charge < -0.3 is 20.3 Å². The van der Waals surface area contributed by atoms with E-state index in [4.69, 9.17) is 10.5 Å². The lowest BCUT2D eigenvalue weighted by atomic mass is 10.00. The number of phenolic OH excluding ortho intramolecular Hbond substituents is 1. The number of hydrogen-bond donors (Lipinski definition) is 2. The quantitative estimate of drug-likeness (QED) is 0.813. The van der Waals surface area contributed by atoms with E-state index in [1.807, 2.05) is 0 Å². The molecule has 8 heteroatoms. The third-order valence-electron chi connectivity index (χ3n) is 2.49. The van der Waals surface area contributed by atoms with Gasteiger partial charge in [-0.3, -0.25) is 0 Å². The van der Waals surface area contributed by atoms with Crippen molar-refractivity contribution in [3.63, 3.8) is 0 Å². The van der Waals surface area contributed by atoms with Gasteiger partial charge in [-0.25, -0.2) is 4.79 Å². The number of ether oxygens (including phenoxy) is 2. The first-order chi connectivity index (χ1) is 8.84. The average molecular weight is 312 g/mol. The normalized spacial score (nSPS) is 12.2. The maximum absolute atomic E-state index is 13.8. The van der Waals surface area contributed by atoms with E-state index < -0.39 is 17.9 Å². The van der Waals surface area contributed by atoms with Gasteiger partial charge in [0, 0.05) is 11.6 Å². The van der Waals surface area contributed by atoms with Crippen LogP contribution in [-0.2, 0) is 9.53 Å². The maximum atomic E-state index is 13.8. The number of hydrogen-bond acceptors (Lipinski definition) is 5. The Bertz CT molecular complexity index is 471. The number of carbonyl (C=O) groups is 1. The van der Waals surface area contributed by atoms with Crippen LogP contribution in [0, 0.1) is 0 Å². The summed E-state index contributed by atoms with van der Waals surface area (Å²) in [4.78, 5) is 11.2. The minimum atomic E-state index is -3.89. The number of halogens is 3. The van der Waals surface area contributed by atoms with Crippen LogP contribution in [0.2, 0.25) is 0 Å². The molecule has 0 aliphatic carbocycles. The van der Waals surface area contributed by atoms with Crippen LogP contribution in [0.25, 0.3) is 0 Å². The molecule has 114 valence electrons. The third kappa shape index (κ3) is 3.71. The predicted octanol–water partition coefficient (Wildman–Crippen LogP) is 2.02. The van der Waals surface area contributed by atoms with Gasteiger partial charge in [-0.2, -0.15) is 8.78 Å². The van der Waals surface area contributed by atoms with E-state index in [1.54, 1.807) is 0 Å². The summed E-state index contributed by atoms with van der Waals surface area (Å²) in [6.07, 6.45) is 0. The number of aromatic hydroxyl groups is 1. The van der Waals surface area contributed by atoms with Gasteiger partial charge in [-0.15, -0.1) is 12.4 Å². The van der Waals surface area contributed by atoms with Gasteiger partial charge in [0.25, 0.3) is 0 Å². The smallest absolute Gasteiger partial charge is 0.379 e. The third-order valence-corrected chi connectivity index (χ3v) is 2.49. The van der Waals surface area contributed by atoms with Crippen LogP contribution < -0.4 is 10.5 Å². The molecule has 0 amide bonds. The number of esters is 1. The second kappa shape index (κ2) is 7.25. The molecule has 0 aliphatic rings. The van der Waals surface area contributed by atoms with Gasteiger partial charge in [0.2, 0.25) is 0 Å². The average Bonchev–Trinajstić information content (AvgIpc) is 2.37. The highest BCUT2D eigenvalue weighted by atomic mass is 35.5. The Balaban J connectivity index is 0.00000361. The van der Waals surface area contributed by atoms with Crippen molar-refractivity contribution in [1.29, 1.82) is 0 Å². The molecule has 0 unspecified atom stereocenters. The molecule has 1 rings (SSSR count). The van der Waals surface area contributed by atoms with Crippen LogP contribution in [0.3, 0.4) is 0 Å². The Labute approximate surface area is 121 Å². The highest BCUT2D eigenvalue weighted by Crippen LogP contribution is 2.36. The second-order valence-corrected chi connectivity index (χ2v) is 3.75. The summed E-state index contributed by atoms with van der Waals surface area (Å²) < 4.78 is 36.7. The van der Waals surface area contributed by atoms with Gasteiger partial charge in [0.15, 0.2) is 0 Å². The number of benzene rings is 1. The molecule has 0 heterocycles. The molecule has 1 aromatic carbocycles. The van der Waals surface area contributed by atoms with E-state index in [0.717, 1.165) is 6.07 Å². The molecule has 1 atom stereocenters. The van der Waals surface area contributed by atoms with Gasteiger partial charge in [0.05, 0.1) is 13.7 Å². The molecule has 0 radical (unpaired) electrons. The summed E-state index contributed by atoms with van der Waals surface area (Å²) in [5, 5.41) is 9.25. The molecule has 0 saturated carbocycles. The largest absolute Gasteiger partial charge is 0.508 e. The molecule has 5 nitrogen and oxygen atoms in total. The molecule has 0 fully saturated rings. The molecule has 0 aromatic heterocycles. The molecule has 0 spiro atoms. The van der Waals surface area contributed by atoms with Crippen LogP contribution in [0.1, 0.15) is 18.5 Å². The monoisotopic (exact) mass is 311 g/mol. The lowest BCUT2D eigenvalue weighted by Crippen LogP contribution is -2.41. The maximum Gasteiger partial charge on any atom is 0.379 e. The topological polar surface area (TPSA) is 81.8 Å². The first-order valence-corrected chi connectivity index (χ1v) is 5.52. The second-order valence-electron chi connectivity index (χ2n) is 3.75. The van der Waals surface area contributed by atoms with Gasteiger partial charge >= 0.3 is 11.9 Å². The van der Waals surface area contributed by atoms with E-state index in [1.165, 1.54) is 26.2 Å². The highest BCUT2D eigenvalue weighted by molar-refractivity contribution is 5.85. The van der Waals surface area contributed by atoms with Crippen LogP contribution in [0.5, 0.6) is 11.5 Å². The standard InChI is InChI=1S/C12H15F2NO4.ClH/c1-3-19-11(17)12(13,14)10(15)8-5-4-7(16)6-9(8)18-2;/h4-6,10,16H,3,15H2,1-2H3;1H/t10-;/m1./s1. The summed E-state index contributed by atoms with van der Waals surface area (Å²) in [6.45, 7) is 1.24. The molecular weight excluding hydrogens is 296 g/mol. The number of nitrogens with two attached hydrogens (primary N) is 1. The number of phenols is 1. The number of carbonyl (C=O) groups excluding carboxylic acids is 1. The first kappa shape index (κ1) is 18.4. The van der Waals surface area contributed by atoms with Crippen molar-refractivity contribution >= 4 is 18.4 Å². The molecule has 1 aromatic rings. The summed E-state index contributed by atoms with van der Waals surface area (Å²) in [6, 6.07) is 1.56. The zero-order valence-electron chi connectivity index (χ0n) is 10.9. The van der Waals surface area contributed by atoms with E-state index in [2.05, 4.69) is 4.74 Å². The van der Waals surface area contributed by atoms with Crippen LogP contribution >= 0.6 is 12.4 Å². The number of alkyl halides is 2. The highest BCUT2D eigenvalue weighted by Gasteiger charge is 2.48. The number of methoxy groups -OCH3 is 1. The van der Waals surface area contributed by atoms with E-state index in [-0.39, 0.29) is 36.1 Å². The Kier molecular flexibility index (Phi) is 6.67. The Morgan fingerprint density at radius 3 is 2.60 bits per heavy atom. The van der Waals surface area contributed by atoms with Crippen molar-refractivity contribution in [1.82, 2.24) is 0 Å². The summed E-state index contributed by atoms with van der Waals surface area (Å²) >= 11 is 0. The lowest BCUT2D eigenvalue weighted by molar-refractivity contribution is -0.174. The molecule has 0 aliphatic heterocycles. The van der Waals surface area contributed by atoms with Gasteiger partial charge in [0.1, 0.15) is 17.5 Å². The van der Waals surface area contributed by atoms with Crippen LogP contribution in [0.15, 0.2) is 18.2 Å². The zero-order chi connectivity index (χ0) is 14.6. The van der Waals surface area contributed by atoms with E-state index >= 15 is 0 Å². The predicted molar refractivity (Wildman–Crippen MR) is 70.4 cm³/mol. The minimum absolute atomic E-state index is 0. The Morgan fingerprint density at radius 1 is 1.50 bits per heavy atom. The van der Waals surface area contributed by atoms with Crippen molar-refractivity contribution in [2.24, 2.45) is 5.73 Å². The molecular formula is C12H16ClF2NO4. The van der Waals surface area contributed by atoms with Crippen molar-refractivity contribution in [3.8, 4) is 11.5 Å². The van der Waals surface area contributed by atoms with Crippen molar-refractivity contribution in [2.75, 3.05) is 13.7 Å². The Hall–Kier alpha value is -1.60. The fourth-order valence-electron chi connectivity index (χ4n) is 1.51. The van der Waals surface area contributed by atoms with Crippen molar-refractivity contribution in [2.45, 2.75) is 18.9 Å². The molecule has 20 heavy (non-hydrogen) atoms. The SMILES string of the molecule is CCOC(=O)C(F)(F)[C@H](N)c1ccc(O)cc1OC.Cl. The summed E-state index contributed by atoms with van der Waals surface area (Å²) in [7, 11) is 1.24. The Morgan fingerprint density at radius 2 is 2.10 bits per heavy atom. The van der Waals surface area contributed by atoms with E-state index in [9.17, 15) is 18.7 Å². The molecule has 3 N–H and O–H groups in total. The molecule has 0 saturated heterocycles. The van der Waals surface area contributed by atoms with Crippen molar-refractivity contribution < 1.29 is 28.2 Å². The zero-order valence-corrected chi connectivity index (χ0v) is 11.7. The lowest BCUT2D eigenvalue weighted by Gasteiger charge is -2.23. The van der Waals surface area contributed by atoms with Gasteiger partial charge in [-0.05, 0) is 19.1 Å². The minimum Gasteiger partial charge on any atom is -0.508 e. The van der Waals surface area contributed by atoms with Crippen molar-refractivity contribution in [3.05, 3.63) is 23.8 Å². The number of rotatable bonds is 5. The summed E-state index contributed by atoms with van der Waals surface area (Å²) in [5.41, 5.74) is 5.32. The van der Waals surface area contributed by atoms with E-state index in [0.29, 0.717) is 0 Å². The first-order valence-electron chi connectivity index (χ1n) is 5.52.